The van der Waals surface area contributed by atoms with Gasteiger partial charge in [0, 0.05) is 70.5 Å². The molecule has 0 aliphatic rings. The van der Waals surface area contributed by atoms with Crippen molar-refractivity contribution in [1.29, 1.82) is 0 Å². The number of thiophene rings is 1. The molecule has 0 fully saturated rings. The first-order valence-corrected chi connectivity index (χ1v) is 19.8. The minimum atomic E-state index is 1.07. The van der Waals surface area contributed by atoms with Gasteiger partial charge in [0.2, 0.25) is 0 Å². The Morgan fingerprint density at radius 2 is 0.893 bits per heavy atom. The Bertz CT molecular complexity index is 3200. The summed E-state index contributed by atoms with van der Waals surface area (Å²) in [5.74, 6) is 0. The summed E-state index contributed by atoms with van der Waals surface area (Å²) in [5, 5.41) is 7.47. The summed E-state index contributed by atoms with van der Waals surface area (Å²) in [6.07, 6.45) is 0. The van der Waals surface area contributed by atoms with Gasteiger partial charge in [-0.3, -0.25) is 0 Å². The summed E-state index contributed by atoms with van der Waals surface area (Å²) in [6, 6.07) is 76.9. The van der Waals surface area contributed by atoms with Crippen LogP contribution in [0, 0.1) is 0 Å². The third-order valence-corrected chi connectivity index (χ3v) is 12.0. The third kappa shape index (κ3) is 5.26. The molecule has 0 aliphatic heterocycles. The average molecular weight is 734 g/mol. The van der Waals surface area contributed by atoms with E-state index in [1.807, 2.05) is 11.3 Å². The lowest BCUT2D eigenvalue weighted by Gasteiger charge is -2.30. The highest BCUT2D eigenvalue weighted by Gasteiger charge is 2.23. The molecule has 264 valence electrons. The molecule has 0 saturated heterocycles. The highest BCUT2D eigenvalue weighted by Crippen LogP contribution is 2.50. The molecule has 0 bridgehead atoms. The zero-order valence-electron chi connectivity index (χ0n) is 30.5. The summed E-state index contributed by atoms with van der Waals surface area (Å²) in [7, 11) is 0. The number of rotatable bonds is 7. The molecule has 0 aliphatic carbocycles. The van der Waals surface area contributed by atoms with Gasteiger partial charge in [-0.2, -0.15) is 0 Å². The predicted octanol–water partition coefficient (Wildman–Crippen LogP) is 15.2. The van der Waals surface area contributed by atoms with Crippen LogP contribution in [0.25, 0.3) is 58.4 Å². The van der Waals surface area contributed by atoms with Gasteiger partial charge in [0.25, 0.3) is 0 Å². The van der Waals surface area contributed by atoms with Gasteiger partial charge in [-0.15, -0.1) is 11.3 Å². The third-order valence-electron chi connectivity index (χ3n) is 10.9. The lowest BCUT2D eigenvalue weighted by Crippen LogP contribution is -2.13. The van der Waals surface area contributed by atoms with Crippen LogP contribution in [0.2, 0.25) is 0 Å². The second-order valence-electron chi connectivity index (χ2n) is 14.2. The second kappa shape index (κ2) is 13.3. The first-order chi connectivity index (χ1) is 27.8. The summed E-state index contributed by atoms with van der Waals surface area (Å²) in [6.45, 7) is 0. The van der Waals surface area contributed by atoms with E-state index in [2.05, 4.69) is 227 Å². The highest BCUT2D eigenvalue weighted by atomic mass is 32.1. The fraction of sp³-hybridized carbons (Fsp3) is 0. The molecule has 56 heavy (non-hydrogen) atoms. The van der Waals surface area contributed by atoms with Crippen molar-refractivity contribution in [2.24, 2.45) is 0 Å². The van der Waals surface area contributed by atoms with Crippen LogP contribution in [0.5, 0.6) is 0 Å². The second-order valence-corrected chi connectivity index (χ2v) is 15.3. The first kappa shape index (κ1) is 32.3. The quantitative estimate of drug-likeness (QED) is 0.162. The lowest BCUT2D eigenvalue weighted by atomic mass is 10.0. The molecule has 0 saturated carbocycles. The van der Waals surface area contributed by atoms with Crippen molar-refractivity contribution in [3.05, 3.63) is 212 Å². The Morgan fingerprint density at radius 3 is 1.66 bits per heavy atom. The fourth-order valence-corrected chi connectivity index (χ4v) is 9.65. The lowest BCUT2D eigenvalue weighted by molar-refractivity contribution is 1.18. The molecule has 9 aromatic carbocycles. The van der Waals surface area contributed by atoms with Crippen molar-refractivity contribution in [3.8, 4) is 5.69 Å². The molecule has 11 aromatic rings. The molecule has 0 radical (unpaired) electrons. The largest absolute Gasteiger partial charge is 0.310 e. The van der Waals surface area contributed by atoms with E-state index in [-0.39, 0.29) is 0 Å². The number of para-hydroxylation sites is 4. The van der Waals surface area contributed by atoms with Gasteiger partial charge in [-0.1, -0.05) is 127 Å². The molecule has 0 atom stereocenters. The SMILES string of the molecule is c1ccc(N(c2cccc(N(c3ccccc3)c3c4ccccc4cc4sc5ccccc5c34)c2)c2ccc3c4ccccc4n(-c4ccccc4)c3c2)cc1. The minimum Gasteiger partial charge on any atom is -0.310 e. The first-order valence-electron chi connectivity index (χ1n) is 19.0. The molecular formula is C52H35N3S. The number of anilines is 6. The number of benzene rings is 9. The summed E-state index contributed by atoms with van der Waals surface area (Å²) in [5.41, 5.74) is 10.1. The molecule has 3 nitrogen and oxygen atoms in total. The molecule has 0 amide bonds. The van der Waals surface area contributed by atoms with E-state index < -0.39 is 0 Å². The van der Waals surface area contributed by atoms with E-state index in [1.165, 1.54) is 58.4 Å². The zero-order valence-corrected chi connectivity index (χ0v) is 31.3. The van der Waals surface area contributed by atoms with Crippen molar-refractivity contribution in [3.63, 3.8) is 0 Å². The van der Waals surface area contributed by atoms with Crippen LogP contribution in [0.15, 0.2) is 212 Å². The van der Waals surface area contributed by atoms with Crippen LogP contribution in [0.1, 0.15) is 0 Å². The molecule has 0 N–H and O–H groups in total. The van der Waals surface area contributed by atoms with E-state index in [0.29, 0.717) is 0 Å². The smallest absolute Gasteiger partial charge is 0.0633 e. The van der Waals surface area contributed by atoms with Crippen molar-refractivity contribution >= 4 is 98.2 Å². The van der Waals surface area contributed by atoms with Crippen LogP contribution >= 0.6 is 11.3 Å². The van der Waals surface area contributed by atoms with Crippen molar-refractivity contribution in [1.82, 2.24) is 4.57 Å². The Kier molecular flexibility index (Phi) is 7.68. The van der Waals surface area contributed by atoms with E-state index in [1.54, 1.807) is 0 Å². The maximum absolute atomic E-state index is 2.47. The molecular weight excluding hydrogens is 699 g/mol. The number of nitrogens with zero attached hydrogens (tertiary/aromatic N) is 3. The van der Waals surface area contributed by atoms with Crippen LogP contribution in [-0.2, 0) is 0 Å². The predicted molar refractivity (Wildman–Crippen MR) is 241 cm³/mol. The Hall–Kier alpha value is -7.14. The summed E-state index contributed by atoms with van der Waals surface area (Å²) in [4.78, 5) is 4.85. The Labute approximate surface area is 329 Å². The minimum absolute atomic E-state index is 1.07. The number of hydrogen-bond acceptors (Lipinski definition) is 3. The monoisotopic (exact) mass is 733 g/mol. The Morgan fingerprint density at radius 1 is 0.339 bits per heavy atom. The van der Waals surface area contributed by atoms with Crippen LogP contribution in [0.4, 0.5) is 34.1 Å². The molecule has 0 unspecified atom stereocenters. The van der Waals surface area contributed by atoms with Gasteiger partial charge in [0.05, 0.1) is 16.7 Å². The molecule has 0 spiro atoms. The highest BCUT2D eigenvalue weighted by molar-refractivity contribution is 7.26. The van der Waals surface area contributed by atoms with E-state index in [4.69, 9.17) is 0 Å². The average Bonchev–Trinajstić information content (AvgIpc) is 3.80. The van der Waals surface area contributed by atoms with E-state index >= 15 is 0 Å². The number of aromatic nitrogens is 1. The van der Waals surface area contributed by atoms with E-state index in [9.17, 15) is 0 Å². The van der Waals surface area contributed by atoms with Crippen molar-refractivity contribution in [2.45, 2.75) is 0 Å². The van der Waals surface area contributed by atoms with Crippen LogP contribution < -0.4 is 9.80 Å². The van der Waals surface area contributed by atoms with Gasteiger partial charge in [0.1, 0.15) is 0 Å². The molecule has 11 rings (SSSR count). The molecule has 4 heteroatoms. The van der Waals surface area contributed by atoms with Gasteiger partial charge in [0.15, 0.2) is 0 Å². The van der Waals surface area contributed by atoms with Gasteiger partial charge >= 0.3 is 0 Å². The molecule has 2 heterocycles. The maximum atomic E-state index is 2.47. The number of hydrogen-bond donors (Lipinski definition) is 0. The van der Waals surface area contributed by atoms with Gasteiger partial charge in [-0.25, -0.2) is 0 Å². The normalized spacial score (nSPS) is 11.6. The Balaban J connectivity index is 1.16. The van der Waals surface area contributed by atoms with Crippen LogP contribution in [-0.4, -0.2) is 4.57 Å². The maximum Gasteiger partial charge on any atom is 0.0633 e. The van der Waals surface area contributed by atoms with Crippen LogP contribution in [0.3, 0.4) is 0 Å². The number of fused-ring (bicyclic) bond motifs is 7. The summed E-state index contributed by atoms with van der Waals surface area (Å²) >= 11 is 1.87. The topological polar surface area (TPSA) is 11.4 Å². The standard InChI is InChI=1S/C52H35N3S/c1-4-18-37(19-5-1)53(42-31-32-45-44-27-12-14-29-47(44)55(48(45)35-42)39-22-8-3-9-23-39)40-24-16-25-41(34-40)54(38-20-6-2-7-21-38)52-43-26-11-10-17-36(43)33-50-51(52)46-28-13-15-30-49(46)56-50/h1-35H. The molecule has 2 aromatic heterocycles. The fourth-order valence-electron chi connectivity index (χ4n) is 8.49. The zero-order chi connectivity index (χ0) is 37.0. The summed E-state index contributed by atoms with van der Waals surface area (Å²) < 4.78 is 4.96. The van der Waals surface area contributed by atoms with Gasteiger partial charge in [-0.05, 0) is 90.3 Å². The van der Waals surface area contributed by atoms with Gasteiger partial charge < -0.3 is 14.4 Å². The van der Waals surface area contributed by atoms with Crippen molar-refractivity contribution in [2.75, 3.05) is 9.80 Å². The van der Waals surface area contributed by atoms with Crippen molar-refractivity contribution < 1.29 is 0 Å². The van der Waals surface area contributed by atoms with E-state index in [0.717, 1.165) is 34.1 Å².